The van der Waals surface area contributed by atoms with E-state index in [9.17, 15) is 28.3 Å². The fraction of sp³-hybridized carbons (Fsp3) is 0.556. The molecule has 5 rings (SSSR count). The number of rotatable bonds is 6. The molecule has 2 fully saturated rings. The quantitative estimate of drug-likeness (QED) is 0.525. The molecule has 10 nitrogen and oxygen atoms in total. The van der Waals surface area contributed by atoms with E-state index in [1.807, 2.05) is 11.9 Å². The van der Waals surface area contributed by atoms with Crippen molar-refractivity contribution in [3.05, 3.63) is 40.0 Å². The van der Waals surface area contributed by atoms with Gasteiger partial charge >= 0.3 is 18.3 Å². The second-order valence-electron chi connectivity index (χ2n) is 10.6. The van der Waals surface area contributed by atoms with Crippen LogP contribution in [0.15, 0.2) is 18.2 Å². The van der Waals surface area contributed by atoms with Crippen molar-refractivity contribution in [2.75, 3.05) is 56.2 Å². The minimum atomic E-state index is -4.63. The molecule has 1 amide bonds. The molecule has 0 aliphatic carbocycles. The molecule has 1 N–H and O–H groups in total. The van der Waals surface area contributed by atoms with Crippen LogP contribution in [0, 0.1) is 11.3 Å². The third kappa shape index (κ3) is 6.08. The van der Waals surface area contributed by atoms with Gasteiger partial charge in [0.15, 0.2) is 0 Å². The molecule has 3 aliphatic heterocycles. The summed E-state index contributed by atoms with van der Waals surface area (Å²) < 4.78 is 48.0. The second kappa shape index (κ2) is 11.8. The summed E-state index contributed by atoms with van der Waals surface area (Å²) in [6.45, 7) is 2.49. The van der Waals surface area contributed by atoms with Crippen molar-refractivity contribution < 1.29 is 27.8 Å². The van der Waals surface area contributed by atoms with Crippen LogP contribution in [0.4, 0.5) is 29.5 Å². The highest BCUT2D eigenvalue weighted by Gasteiger charge is 2.39. The molecule has 14 heteroatoms. The van der Waals surface area contributed by atoms with Crippen LogP contribution in [-0.4, -0.2) is 89.4 Å². The highest BCUT2D eigenvalue weighted by atomic mass is 35.5. The number of piperazine rings is 1. The summed E-state index contributed by atoms with van der Waals surface area (Å²) in [6.07, 6.45) is -3.30. The van der Waals surface area contributed by atoms with Gasteiger partial charge in [0, 0.05) is 37.8 Å². The van der Waals surface area contributed by atoms with Crippen molar-refractivity contribution in [3.63, 3.8) is 0 Å². The molecule has 0 spiro atoms. The third-order valence-electron chi connectivity index (χ3n) is 8.07. The first-order valence-electron chi connectivity index (χ1n) is 13.5. The van der Waals surface area contributed by atoms with E-state index in [1.54, 1.807) is 4.90 Å². The zero-order valence-corrected chi connectivity index (χ0v) is 23.3. The number of nitriles is 1. The molecule has 3 aliphatic rings. The number of aromatic nitrogens is 2. The molecule has 2 saturated heterocycles. The van der Waals surface area contributed by atoms with Gasteiger partial charge < -0.3 is 29.4 Å². The van der Waals surface area contributed by atoms with Gasteiger partial charge in [-0.05, 0) is 45.0 Å². The van der Waals surface area contributed by atoms with Crippen LogP contribution >= 0.6 is 11.6 Å². The van der Waals surface area contributed by atoms with E-state index in [-0.39, 0.29) is 55.4 Å². The smallest absolute Gasteiger partial charge is 0.419 e. The highest BCUT2D eigenvalue weighted by molar-refractivity contribution is 6.31. The molecule has 220 valence electrons. The van der Waals surface area contributed by atoms with E-state index < -0.39 is 23.9 Å². The molecule has 41 heavy (non-hydrogen) atoms. The number of hydrogen-bond acceptors (Lipinski definition) is 8. The topological polar surface area (TPSA) is 109 Å². The summed E-state index contributed by atoms with van der Waals surface area (Å²) in [5, 5.41) is 18.6. The van der Waals surface area contributed by atoms with E-state index in [1.165, 1.54) is 23.1 Å². The molecule has 4 heterocycles. The third-order valence-corrected chi connectivity index (χ3v) is 8.38. The van der Waals surface area contributed by atoms with Crippen LogP contribution in [0.25, 0.3) is 0 Å². The first-order valence-corrected chi connectivity index (χ1v) is 13.9. The maximum Gasteiger partial charge on any atom is 0.419 e. The molecule has 1 aromatic carbocycles. The van der Waals surface area contributed by atoms with E-state index in [4.69, 9.17) is 21.3 Å². The first-order chi connectivity index (χ1) is 19.6. The van der Waals surface area contributed by atoms with E-state index in [0.717, 1.165) is 24.9 Å². The number of halogens is 4. The Balaban J connectivity index is 1.49. The minimum Gasteiger partial charge on any atom is -0.465 e. The SMILES string of the molecule is CN1CCC[C@@H]1COc1nc2c(c(N3CCN(C(=O)O)[C@@H](CC#N)C3)n1)CCN(c1cccc(Cl)c1C(F)(F)F)C2. The Morgan fingerprint density at radius 1 is 1.20 bits per heavy atom. The minimum absolute atomic E-state index is 0.0185. The number of nitrogens with zero attached hydrogens (tertiary/aromatic N) is 7. The number of carboxylic acid groups (broad SMARTS) is 1. The number of amides is 1. The van der Waals surface area contributed by atoms with Gasteiger partial charge in [-0.15, -0.1) is 0 Å². The summed E-state index contributed by atoms with van der Waals surface area (Å²) in [6, 6.07) is 5.98. The average molecular weight is 594 g/mol. The maximum absolute atomic E-state index is 14.0. The average Bonchev–Trinajstić information content (AvgIpc) is 3.34. The number of alkyl halides is 3. The van der Waals surface area contributed by atoms with Crippen LogP contribution < -0.4 is 14.5 Å². The van der Waals surface area contributed by atoms with Crippen molar-refractivity contribution in [3.8, 4) is 12.1 Å². The van der Waals surface area contributed by atoms with Crippen molar-refractivity contribution in [2.45, 2.75) is 50.5 Å². The number of hydrogen-bond donors (Lipinski definition) is 1. The summed E-state index contributed by atoms with van der Waals surface area (Å²) in [4.78, 5) is 28.2. The molecule has 0 saturated carbocycles. The Hall–Kier alpha value is -3.50. The van der Waals surface area contributed by atoms with Crippen LogP contribution in [-0.2, 0) is 19.1 Å². The summed E-state index contributed by atoms with van der Waals surface area (Å²) >= 11 is 6.00. The van der Waals surface area contributed by atoms with Gasteiger partial charge in [0.05, 0.1) is 47.0 Å². The lowest BCUT2D eigenvalue weighted by Gasteiger charge is -2.41. The molecule has 1 aromatic heterocycles. The van der Waals surface area contributed by atoms with Crippen LogP contribution in [0.1, 0.15) is 36.1 Å². The number of anilines is 2. The Bertz CT molecular complexity index is 1340. The van der Waals surface area contributed by atoms with Crippen molar-refractivity contribution in [1.82, 2.24) is 19.8 Å². The molecule has 0 radical (unpaired) electrons. The molecule has 2 aromatic rings. The van der Waals surface area contributed by atoms with E-state index in [0.29, 0.717) is 31.1 Å². The fourth-order valence-electron chi connectivity index (χ4n) is 5.92. The van der Waals surface area contributed by atoms with E-state index >= 15 is 0 Å². The van der Waals surface area contributed by atoms with Crippen LogP contribution in [0.2, 0.25) is 5.02 Å². The fourth-order valence-corrected chi connectivity index (χ4v) is 6.19. The van der Waals surface area contributed by atoms with Gasteiger partial charge in [-0.1, -0.05) is 17.7 Å². The number of ether oxygens (including phenoxy) is 1. The van der Waals surface area contributed by atoms with Crippen molar-refractivity contribution in [1.29, 1.82) is 5.26 Å². The molecule has 0 bridgehead atoms. The van der Waals surface area contributed by atoms with Crippen LogP contribution in [0.3, 0.4) is 0 Å². The molecule has 0 unspecified atom stereocenters. The first kappa shape index (κ1) is 29.0. The zero-order chi connectivity index (χ0) is 29.3. The second-order valence-corrected chi connectivity index (χ2v) is 11.0. The monoisotopic (exact) mass is 593 g/mol. The number of fused-ring (bicyclic) bond motifs is 1. The Kier molecular flexibility index (Phi) is 8.33. The van der Waals surface area contributed by atoms with E-state index in [2.05, 4.69) is 16.0 Å². The largest absolute Gasteiger partial charge is 0.465 e. The Labute approximate surface area is 240 Å². The van der Waals surface area contributed by atoms with Crippen molar-refractivity contribution in [2.24, 2.45) is 0 Å². The lowest BCUT2D eigenvalue weighted by molar-refractivity contribution is -0.137. The number of benzene rings is 1. The van der Waals surface area contributed by atoms with Crippen LogP contribution in [0.5, 0.6) is 6.01 Å². The normalized spacial score (nSPS) is 21.5. The van der Waals surface area contributed by atoms with Gasteiger partial charge in [-0.2, -0.15) is 28.4 Å². The summed E-state index contributed by atoms with van der Waals surface area (Å²) in [5.41, 5.74) is 0.419. The standard InChI is InChI=1S/C27H31ClF3N7O3/c1-35-10-3-4-18(35)16-41-25-33-21-15-36(22-6-2-5-20(28)23(22)27(29,30)31)11-8-19(21)24(34-25)37-12-13-38(26(39)40)17(14-37)7-9-32/h2,5-6,17-18H,3-4,7-8,10-16H2,1H3,(H,39,40)/t17-,18+/m0/s1. The summed E-state index contributed by atoms with van der Waals surface area (Å²) in [5.74, 6) is 0.569. The van der Waals surface area contributed by atoms with Gasteiger partial charge in [0.2, 0.25) is 0 Å². The molecule has 2 atom stereocenters. The maximum atomic E-state index is 14.0. The predicted octanol–water partition coefficient (Wildman–Crippen LogP) is 4.27. The predicted molar refractivity (Wildman–Crippen MR) is 145 cm³/mol. The van der Waals surface area contributed by atoms with Gasteiger partial charge in [0.1, 0.15) is 12.4 Å². The van der Waals surface area contributed by atoms with Gasteiger partial charge in [0.25, 0.3) is 0 Å². The highest BCUT2D eigenvalue weighted by Crippen LogP contribution is 2.43. The number of likely N-dealkylation sites (tertiary alicyclic amines) is 1. The Morgan fingerprint density at radius 3 is 2.68 bits per heavy atom. The number of carbonyl (C=O) groups is 1. The van der Waals surface area contributed by atoms with Gasteiger partial charge in [-0.3, -0.25) is 0 Å². The lowest BCUT2D eigenvalue weighted by Crippen LogP contribution is -2.55. The van der Waals surface area contributed by atoms with Gasteiger partial charge in [-0.25, -0.2) is 4.79 Å². The number of likely N-dealkylation sites (N-methyl/N-ethyl adjacent to an activating group) is 1. The zero-order valence-electron chi connectivity index (χ0n) is 22.6. The summed E-state index contributed by atoms with van der Waals surface area (Å²) in [7, 11) is 2.03. The Morgan fingerprint density at radius 2 is 2.00 bits per heavy atom. The molecular formula is C27H31ClF3N7O3. The van der Waals surface area contributed by atoms with Crippen molar-refractivity contribution >= 4 is 29.2 Å². The molecular weight excluding hydrogens is 563 g/mol. The lowest BCUT2D eigenvalue weighted by atomic mass is 10.0.